The van der Waals surface area contributed by atoms with Gasteiger partial charge in [0.25, 0.3) is 0 Å². The van der Waals surface area contributed by atoms with Gasteiger partial charge in [-0.1, -0.05) is 15.9 Å². The van der Waals surface area contributed by atoms with Gasteiger partial charge < -0.3 is 0 Å². The molecule has 0 aromatic carbocycles. The number of alkyl halides is 1. The molecule has 0 fully saturated rings. The van der Waals surface area contributed by atoms with Crippen LogP contribution >= 0.6 is 15.9 Å². The zero-order valence-electron chi connectivity index (χ0n) is 7.20. The summed E-state index contributed by atoms with van der Waals surface area (Å²) in [6.45, 7) is 3.10. The van der Waals surface area contributed by atoms with Gasteiger partial charge in [-0.25, -0.2) is 8.42 Å². The van der Waals surface area contributed by atoms with Crippen LogP contribution in [0, 0.1) is 11.3 Å². The van der Waals surface area contributed by atoms with E-state index < -0.39 is 15.6 Å². The molecule has 0 heterocycles. The fourth-order valence-corrected chi connectivity index (χ4v) is 2.30. The molecule has 0 aromatic heterocycles. The maximum atomic E-state index is 11.2. The fourth-order valence-electron chi connectivity index (χ4n) is 0.491. The first-order valence-corrected chi connectivity index (χ1v) is 5.95. The lowest BCUT2D eigenvalue weighted by Crippen LogP contribution is -2.44. The average Bonchev–Trinajstić information content (AvgIpc) is 2.03. The molecule has 0 aliphatic rings. The first-order chi connectivity index (χ1) is 5.28. The second kappa shape index (κ2) is 3.73. The Morgan fingerprint density at radius 3 is 2.25 bits per heavy atom. The highest BCUT2D eigenvalue weighted by Crippen LogP contribution is 2.16. The highest BCUT2D eigenvalue weighted by Gasteiger charge is 2.31. The molecule has 6 heteroatoms. The van der Waals surface area contributed by atoms with E-state index in [4.69, 9.17) is 5.26 Å². The van der Waals surface area contributed by atoms with E-state index in [0.717, 1.165) is 4.31 Å². The lowest BCUT2D eigenvalue weighted by Gasteiger charge is -2.27. The Labute approximate surface area is 81.3 Å². The Bertz CT molecular complexity index is 291. The minimum absolute atomic E-state index is 0.165. The third-order valence-corrected chi connectivity index (χ3v) is 4.92. The van der Waals surface area contributed by atoms with Gasteiger partial charge in [-0.05, 0) is 13.8 Å². The maximum absolute atomic E-state index is 11.2. The lowest BCUT2D eigenvalue weighted by atomic mass is 10.1. The van der Waals surface area contributed by atoms with Crippen LogP contribution in [0.15, 0.2) is 0 Å². The van der Waals surface area contributed by atoms with Crippen molar-refractivity contribution in [1.29, 1.82) is 5.26 Å². The van der Waals surface area contributed by atoms with Gasteiger partial charge in [-0.3, -0.25) is 0 Å². The highest BCUT2D eigenvalue weighted by atomic mass is 79.9. The Morgan fingerprint density at radius 1 is 1.58 bits per heavy atom. The van der Waals surface area contributed by atoms with Crippen molar-refractivity contribution >= 4 is 26.0 Å². The van der Waals surface area contributed by atoms with Crippen LogP contribution in [0.5, 0.6) is 0 Å². The predicted octanol–water partition coefficient (Wildman–Crippen LogP) is 0.903. The number of sulfonamides is 1. The van der Waals surface area contributed by atoms with Gasteiger partial charge in [0.05, 0.1) is 6.07 Å². The topological polar surface area (TPSA) is 61.2 Å². The van der Waals surface area contributed by atoms with E-state index in [-0.39, 0.29) is 4.66 Å². The van der Waals surface area contributed by atoms with E-state index >= 15 is 0 Å². The Morgan fingerprint density at radius 2 is 2.00 bits per heavy atom. The molecule has 0 unspecified atom stereocenters. The van der Waals surface area contributed by atoms with Crippen molar-refractivity contribution in [2.24, 2.45) is 0 Å². The van der Waals surface area contributed by atoms with Crippen LogP contribution in [0.1, 0.15) is 13.8 Å². The molecule has 0 N–H and O–H groups in total. The van der Waals surface area contributed by atoms with Gasteiger partial charge in [-0.2, -0.15) is 9.57 Å². The lowest BCUT2D eigenvalue weighted by molar-refractivity contribution is 0.339. The fraction of sp³-hybridized carbons (Fsp3) is 0.833. The predicted molar refractivity (Wildman–Crippen MR) is 50.2 cm³/mol. The molecule has 4 nitrogen and oxygen atoms in total. The second-order valence-corrected chi connectivity index (χ2v) is 6.16. The first kappa shape index (κ1) is 11.9. The van der Waals surface area contributed by atoms with Gasteiger partial charge in [-0.15, -0.1) is 0 Å². The summed E-state index contributed by atoms with van der Waals surface area (Å²) in [5, 5.41) is 8.65. The molecule has 0 radical (unpaired) electrons. The van der Waals surface area contributed by atoms with Crippen molar-refractivity contribution in [3.05, 3.63) is 0 Å². The molecule has 0 saturated carbocycles. The summed E-state index contributed by atoms with van der Waals surface area (Å²) in [6.07, 6.45) is 0. The average molecular weight is 255 g/mol. The van der Waals surface area contributed by atoms with Gasteiger partial charge in [0, 0.05) is 7.05 Å². The number of hydrogen-bond donors (Lipinski definition) is 0. The van der Waals surface area contributed by atoms with Crippen LogP contribution in [0.2, 0.25) is 0 Å². The highest BCUT2D eigenvalue weighted by molar-refractivity contribution is 9.10. The van der Waals surface area contributed by atoms with Crippen LogP contribution in [0.3, 0.4) is 0 Å². The molecule has 0 amide bonds. The van der Waals surface area contributed by atoms with Crippen molar-refractivity contribution in [3.63, 3.8) is 0 Å². The molecule has 0 aliphatic carbocycles. The molecule has 12 heavy (non-hydrogen) atoms. The Balaban J connectivity index is 4.88. The molecular weight excluding hydrogens is 244 g/mol. The quantitative estimate of drug-likeness (QED) is 0.704. The minimum Gasteiger partial charge on any atom is -0.211 e. The largest absolute Gasteiger partial charge is 0.225 e. The molecule has 0 aromatic rings. The third-order valence-electron chi connectivity index (χ3n) is 1.62. The van der Waals surface area contributed by atoms with E-state index in [1.165, 1.54) is 7.05 Å². The normalized spacial score (nSPS) is 13.0. The number of nitriles is 1. The monoisotopic (exact) mass is 254 g/mol. The number of nitrogens with zero attached hydrogens (tertiary/aromatic N) is 2. The summed E-state index contributed by atoms with van der Waals surface area (Å²) in [5.41, 5.74) is -0.993. The smallest absolute Gasteiger partial charge is 0.211 e. The number of hydrogen-bond acceptors (Lipinski definition) is 3. The third kappa shape index (κ3) is 2.44. The van der Waals surface area contributed by atoms with Gasteiger partial charge in [0.2, 0.25) is 10.0 Å². The van der Waals surface area contributed by atoms with E-state index in [2.05, 4.69) is 15.9 Å². The molecule has 70 valence electrons. The van der Waals surface area contributed by atoms with Crippen LogP contribution in [0.25, 0.3) is 0 Å². The van der Waals surface area contributed by atoms with Crippen molar-refractivity contribution in [3.8, 4) is 6.07 Å². The maximum Gasteiger partial charge on any atom is 0.225 e. The van der Waals surface area contributed by atoms with Gasteiger partial charge in [0.15, 0.2) is 0 Å². The van der Waals surface area contributed by atoms with Gasteiger partial charge in [0.1, 0.15) is 10.2 Å². The van der Waals surface area contributed by atoms with Crippen LogP contribution in [-0.4, -0.2) is 30.0 Å². The van der Waals surface area contributed by atoms with Crippen LogP contribution in [0.4, 0.5) is 0 Å². The number of rotatable bonds is 3. The van der Waals surface area contributed by atoms with Crippen molar-refractivity contribution in [2.45, 2.75) is 19.4 Å². The summed E-state index contributed by atoms with van der Waals surface area (Å²) >= 11 is 2.85. The van der Waals surface area contributed by atoms with Crippen LogP contribution in [-0.2, 0) is 10.0 Å². The van der Waals surface area contributed by atoms with Crippen molar-refractivity contribution < 1.29 is 8.42 Å². The molecule has 0 spiro atoms. The molecular formula is C6H11BrN2O2S. The minimum atomic E-state index is -3.34. The molecule has 0 rings (SSSR count). The molecule has 0 saturated heterocycles. The Hall–Kier alpha value is -0.120. The molecule has 0 aliphatic heterocycles. The summed E-state index contributed by atoms with van der Waals surface area (Å²) in [4.78, 5) is 0. The van der Waals surface area contributed by atoms with E-state index in [9.17, 15) is 8.42 Å². The summed E-state index contributed by atoms with van der Waals surface area (Å²) in [7, 11) is -1.95. The van der Waals surface area contributed by atoms with Crippen molar-refractivity contribution in [2.75, 3.05) is 11.7 Å². The van der Waals surface area contributed by atoms with Crippen molar-refractivity contribution in [1.82, 2.24) is 4.31 Å². The van der Waals surface area contributed by atoms with Gasteiger partial charge >= 0.3 is 0 Å². The van der Waals surface area contributed by atoms with E-state index in [1.54, 1.807) is 13.8 Å². The molecule has 0 atom stereocenters. The standard InChI is InChI=1S/C6H11BrN2O2S/c1-6(2,4-8)9(3)12(10,11)5-7/h5H2,1-3H3. The summed E-state index contributed by atoms with van der Waals surface area (Å²) in [5.74, 6) is 0. The second-order valence-electron chi connectivity index (χ2n) is 2.86. The zero-order valence-corrected chi connectivity index (χ0v) is 9.61. The number of halogens is 1. The molecule has 0 bridgehead atoms. The summed E-state index contributed by atoms with van der Waals surface area (Å²) < 4.78 is 23.4. The van der Waals surface area contributed by atoms with Crippen LogP contribution < -0.4 is 0 Å². The summed E-state index contributed by atoms with van der Waals surface area (Å²) in [6, 6.07) is 1.91. The zero-order chi connectivity index (χ0) is 9.99. The van der Waals surface area contributed by atoms with E-state index in [0.29, 0.717) is 0 Å². The Kier molecular flexibility index (Phi) is 3.69. The van der Waals surface area contributed by atoms with E-state index in [1.807, 2.05) is 6.07 Å². The SMILES string of the molecule is CN(C(C)(C)C#N)S(=O)(=O)CBr. The first-order valence-electron chi connectivity index (χ1n) is 3.22.